The van der Waals surface area contributed by atoms with Gasteiger partial charge in [0.1, 0.15) is 36.0 Å². The fraction of sp³-hybridized carbons (Fsp3) is 0.220. The van der Waals surface area contributed by atoms with Crippen LogP contribution in [-0.2, 0) is 24.4 Å². The Morgan fingerprint density at radius 3 is 2.27 bits per heavy atom. The lowest BCUT2D eigenvalue weighted by atomic mass is 10.0. The summed E-state index contributed by atoms with van der Waals surface area (Å²) in [4.78, 5) is 20.8. The number of ether oxygens (including phenoxy) is 3. The highest BCUT2D eigenvalue weighted by molar-refractivity contribution is 6.32. The summed E-state index contributed by atoms with van der Waals surface area (Å²) < 4.78 is 30.7. The normalized spacial score (nSPS) is 13.6. The zero-order valence-corrected chi connectivity index (χ0v) is 29.7. The molecule has 0 spiro atoms. The molecular weight excluding hydrogens is 688 g/mol. The number of hydrogen-bond donors (Lipinski definition) is 0. The van der Waals surface area contributed by atoms with Gasteiger partial charge in [-0.25, -0.2) is 9.37 Å². The number of hydrogen-bond acceptors (Lipinski definition) is 7. The Labute approximate surface area is 307 Å². The number of rotatable bonds is 14. The van der Waals surface area contributed by atoms with Crippen LogP contribution < -0.4 is 14.2 Å². The third-order valence-electron chi connectivity index (χ3n) is 8.67. The molecule has 7 nitrogen and oxygen atoms in total. The van der Waals surface area contributed by atoms with Gasteiger partial charge < -0.3 is 19.1 Å². The van der Waals surface area contributed by atoms with Crippen LogP contribution in [0, 0.1) is 12.7 Å². The van der Waals surface area contributed by atoms with Gasteiger partial charge in [0.2, 0.25) is 5.88 Å². The van der Waals surface area contributed by atoms with Crippen LogP contribution in [0.25, 0.3) is 5.70 Å². The highest BCUT2D eigenvalue weighted by Crippen LogP contribution is 2.35. The lowest BCUT2D eigenvalue weighted by molar-refractivity contribution is -0.104. The third-order valence-corrected chi connectivity index (χ3v) is 9.34. The third kappa shape index (κ3) is 9.88. The Morgan fingerprint density at radius 2 is 1.57 bits per heavy atom. The zero-order chi connectivity index (χ0) is 35.6. The van der Waals surface area contributed by atoms with Gasteiger partial charge in [-0.05, 0) is 72.1 Å². The Kier molecular flexibility index (Phi) is 12.2. The Morgan fingerprint density at radius 1 is 0.843 bits per heavy atom. The number of aryl methyl sites for hydroxylation is 1. The van der Waals surface area contributed by atoms with E-state index in [2.05, 4.69) is 39.0 Å². The highest BCUT2D eigenvalue weighted by Gasteiger charge is 2.22. The molecular formula is C41H38Cl2FN3O4. The molecule has 0 atom stereocenters. The predicted octanol–water partition coefficient (Wildman–Crippen LogP) is 9.19. The van der Waals surface area contributed by atoms with Crippen LogP contribution >= 0.6 is 23.2 Å². The van der Waals surface area contributed by atoms with E-state index in [0.29, 0.717) is 46.4 Å². The topological polar surface area (TPSA) is 64.1 Å². The molecule has 262 valence electrons. The van der Waals surface area contributed by atoms with Gasteiger partial charge in [0.25, 0.3) is 0 Å². The van der Waals surface area contributed by atoms with Crippen LogP contribution in [0.1, 0.15) is 27.8 Å². The SMILES string of the molecule is Cc1cc(Oc2ccc(OCc3ccccc3Cl)cn2)c(Cl)cc1/C(=C\C=O)N1CCN(Cc2ccc(CCOc3ccc(F)cc3)cc2)CC1. The maximum Gasteiger partial charge on any atom is 0.219 e. The molecule has 51 heavy (non-hydrogen) atoms. The standard InChI is InChI=1S/C41H38Cl2FN3O4/c1-29-24-40(51-41-15-14-35(26-45-41)50-28-32-4-2-3-5-37(32)42)38(43)25-36(29)39(16-22-48)47-20-18-46(19-21-47)27-31-8-6-30(7-9-31)17-23-49-34-12-10-33(44)11-13-34/h2-16,22,24-26H,17-21,23,27-28H2,1H3/b39-16+. The van der Waals surface area contributed by atoms with Crippen LogP contribution in [-0.4, -0.2) is 53.9 Å². The molecule has 6 rings (SSSR count). The summed E-state index contributed by atoms with van der Waals surface area (Å²) in [7, 11) is 0. The van der Waals surface area contributed by atoms with E-state index < -0.39 is 0 Å². The lowest BCUT2D eigenvalue weighted by Gasteiger charge is -2.37. The van der Waals surface area contributed by atoms with Crippen molar-refractivity contribution in [3.63, 3.8) is 0 Å². The monoisotopic (exact) mass is 725 g/mol. The summed E-state index contributed by atoms with van der Waals surface area (Å²) in [6.07, 6.45) is 4.79. The molecule has 4 aromatic carbocycles. The van der Waals surface area contributed by atoms with E-state index in [1.807, 2.05) is 43.3 Å². The van der Waals surface area contributed by atoms with Gasteiger partial charge >= 0.3 is 0 Å². The van der Waals surface area contributed by atoms with E-state index in [9.17, 15) is 9.18 Å². The second kappa shape index (κ2) is 17.4. The number of halogens is 3. The molecule has 2 heterocycles. The first kappa shape index (κ1) is 35.9. The summed E-state index contributed by atoms with van der Waals surface area (Å²) in [5.74, 6) is 1.82. The minimum absolute atomic E-state index is 0.274. The summed E-state index contributed by atoms with van der Waals surface area (Å²) in [6.45, 7) is 6.90. The number of nitrogens with zero attached hydrogens (tertiary/aromatic N) is 3. The Hall–Kier alpha value is -4.89. The first-order valence-electron chi connectivity index (χ1n) is 16.7. The highest BCUT2D eigenvalue weighted by atomic mass is 35.5. The van der Waals surface area contributed by atoms with Crippen LogP contribution in [0.3, 0.4) is 0 Å². The van der Waals surface area contributed by atoms with Crippen LogP contribution in [0.15, 0.2) is 109 Å². The molecule has 1 aliphatic rings. The largest absolute Gasteiger partial charge is 0.493 e. The van der Waals surface area contributed by atoms with Crippen molar-refractivity contribution in [2.45, 2.75) is 26.5 Å². The van der Waals surface area contributed by atoms with Gasteiger partial charge in [0.15, 0.2) is 0 Å². The molecule has 1 aliphatic heterocycles. The van der Waals surface area contributed by atoms with Crippen LogP contribution in [0.5, 0.6) is 23.1 Å². The Bertz CT molecular complexity index is 1950. The molecule has 1 fully saturated rings. The van der Waals surface area contributed by atoms with Crippen molar-refractivity contribution in [1.82, 2.24) is 14.8 Å². The summed E-state index contributed by atoms with van der Waals surface area (Å²) in [5, 5.41) is 1.06. The lowest BCUT2D eigenvalue weighted by Crippen LogP contribution is -2.45. The van der Waals surface area contributed by atoms with E-state index in [0.717, 1.165) is 67.8 Å². The molecule has 0 bridgehead atoms. The minimum atomic E-state index is -0.274. The molecule has 0 N–H and O–H groups in total. The van der Waals surface area contributed by atoms with Crippen LogP contribution in [0.2, 0.25) is 10.0 Å². The van der Waals surface area contributed by atoms with E-state index in [1.54, 1.807) is 36.5 Å². The van der Waals surface area contributed by atoms with Gasteiger partial charge in [-0.2, -0.15) is 0 Å². The summed E-state index contributed by atoms with van der Waals surface area (Å²) >= 11 is 13.0. The van der Waals surface area contributed by atoms with E-state index in [-0.39, 0.29) is 5.82 Å². The second-order valence-corrected chi connectivity index (χ2v) is 13.0. The zero-order valence-electron chi connectivity index (χ0n) is 28.2. The van der Waals surface area contributed by atoms with Gasteiger partial charge in [-0.15, -0.1) is 0 Å². The van der Waals surface area contributed by atoms with E-state index >= 15 is 0 Å². The van der Waals surface area contributed by atoms with Crippen molar-refractivity contribution in [2.24, 2.45) is 0 Å². The number of piperazine rings is 1. The van der Waals surface area contributed by atoms with Crippen molar-refractivity contribution in [1.29, 1.82) is 0 Å². The summed E-state index contributed by atoms with van der Waals surface area (Å²) in [5.41, 5.74) is 5.95. The molecule has 0 amide bonds. The number of aldehydes is 1. The number of benzene rings is 4. The molecule has 0 saturated carbocycles. The maximum absolute atomic E-state index is 13.1. The fourth-order valence-electron chi connectivity index (χ4n) is 5.87. The van der Waals surface area contributed by atoms with E-state index in [1.165, 1.54) is 23.3 Å². The molecule has 10 heteroatoms. The Balaban J connectivity index is 1.01. The average molecular weight is 727 g/mol. The van der Waals surface area contributed by atoms with Gasteiger partial charge in [-0.3, -0.25) is 9.69 Å². The quantitative estimate of drug-likeness (QED) is 0.0836. The van der Waals surface area contributed by atoms with Crippen molar-refractivity contribution < 1.29 is 23.4 Å². The van der Waals surface area contributed by atoms with Crippen molar-refractivity contribution in [3.8, 4) is 23.1 Å². The molecule has 0 radical (unpaired) electrons. The first-order chi connectivity index (χ1) is 24.8. The predicted molar refractivity (Wildman–Crippen MR) is 199 cm³/mol. The second-order valence-electron chi connectivity index (χ2n) is 12.2. The van der Waals surface area contributed by atoms with Crippen molar-refractivity contribution >= 4 is 35.2 Å². The number of aromatic nitrogens is 1. The van der Waals surface area contributed by atoms with Crippen molar-refractivity contribution in [2.75, 3.05) is 32.8 Å². The van der Waals surface area contributed by atoms with Gasteiger partial charge in [0.05, 0.1) is 17.8 Å². The number of carbonyl (C=O) groups excluding carboxylic acids is 1. The average Bonchev–Trinajstić information content (AvgIpc) is 3.14. The first-order valence-corrected chi connectivity index (χ1v) is 17.5. The van der Waals surface area contributed by atoms with E-state index in [4.69, 9.17) is 37.4 Å². The minimum Gasteiger partial charge on any atom is -0.493 e. The van der Waals surface area contributed by atoms with Crippen LogP contribution in [0.4, 0.5) is 4.39 Å². The van der Waals surface area contributed by atoms with Crippen molar-refractivity contribution in [3.05, 3.63) is 153 Å². The molecule has 5 aromatic rings. The fourth-order valence-corrected chi connectivity index (χ4v) is 6.27. The van der Waals surface area contributed by atoms with Gasteiger partial charge in [-0.1, -0.05) is 65.7 Å². The molecule has 1 aromatic heterocycles. The maximum atomic E-state index is 13.1. The smallest absolute Gasteiger partial charge is 0.219 e. The number of carbonyl (C=O) groups is 1. The number of allylic oxidation sites excluding steroid dienone is 1. The molecule has 1 saturated heterocycles. The molecule has 0 unspecified atom stereocenters. The number of pyridine rings is 1. The summed E-state index contributed by atoms with van der Waals surface area (Å²) in [6, 6.07) is 29.4. The molecule has 0 aliphatic carbocycles. The van der Waals surface area contributed by atoms with Gasteiger partial charge in [0, 0.05) is 73.1 Å².